The number of ether oxygens (including phenoxy) is 1. The Morgan fingerprint density at radius 1 is 1.14 bits per heavy atom. The average molecular weight is 311 g/mol. The first kappa shape index (κ1) is 13.7. The third-order valence-electron chi connectivity index (χ3n) is 4.08. The lowest BCUT2D eigenvalue weighted by Crippen LogP contribution is -2.31. The summed E-state index contributed by atoms with van der Waals surface area (Å²) in [6.45, 7) is 1.62. The average Bonchev–Trinajstić information content (AvgIpc) is 2.91. The monoisotopic (exact) mass is 311 g/mol. The van der Waals surface area contributed by atoms with Gasteiger partial charge in [0.05, 0.1) is 18.3 Å². The predicted molar refractivity (Wildman–Crippen MR) is 88.3 cm³/mol. The number of hydrogen-bond donors (Lipinski definition) is 1. The summed E-state index contributed by atoms with van der Waals surface area (Å²) in [5.41, 5.74) is 4.50. The standard InChI is InChI=1S/C17H17N3OS/c1-2-4-17-13(3-1)10-14(7-8-21-17)18-11-12-5-6-15-16(9-12)20-22-19-15/h1-6,9,14,18H,7-8,10-11H2. The van der Waals surface area contributed by atoms with Crippen molar-refractivity contribution in [3.05, 3.63) is 53.6 Å². The van der Waals surface area contributed by atoms with Gasteiger partial charge in [0, 0.05) is 12.6 Å². The zero-order valence-corrected chi connectivity index (χ0v) is 13.0. The van der Waals surface area contributed by atoms with Crippen LogP contribution in [0.4, 0.5) is 0 Å². The maximum absolute atomic E-state index is 5.82. The Balaban J connectivity index is 1.45. The van der Waals surface area contributed by atoms with E-state index in [0.29, 0.717) is 6.04 Å². The van der Waals surface area contributed by atoms with Crippen molar-refractivity contribution in [1.29, 1.82) is 0 Å². The van der Waals surface area contributed by atoms with Gasteiger partial charge in [-0.1, -0.05) is 24.3 Å². The molecule has 0 saturated heterocycles. The summed E-state index contributed by atoms with van der Waals surface area (Å²) in [6.07, 6.45) is 2.03. The van der Waals surface area contributed by atoms with Crippen molar-refractivity contribution in [2.75, 3.05) is 6.61 Å². The van der Waals surface area contributed by atoms with E-state index >= 15 is 0 Å². The van der Waals surface area contributed by atoms with Gasteiger partial charge in [-0.3, -0.25) is 0 Å². The minimum atomic E-state index is 0.438. The molecule has 5 heteroatoms. The maximum atomic E-state index is 5.82. The number of para-hydroxylation sites is 1. The predicted octanol–water partition coefficient (Wildman–Crippen LogP) is 3.17. The van der Waals surface area contributed by atoms with Crippen molar-refractivity contribution in [2.24, 2.45) is 0 Å². The number of nitrogens with zero attached hydrogens (tertiary/aromatic N) is 2. The van der Waals surface area contributed by atoms with Crippen molar-refractivity contribution in [2.45, 2.75) is 25.4 Å². The van der Waals surface area contributed by atoms with Crippen LogP contribution in [0.2, 0.25) is 0 Å². The largest absolute Gasteiger partial charge is 0.493 e. The highest BCUT2D eigenvalue weighted by Gasteiger charge is 2.16. The minimum absolute atomic E-state index is 0.438. The zero-order chi connectivity index (χ0) is 14.8. The van der Waals surface area contributed by atoms with Gasteiger partial charge in [0.15, 0.2) is 0 Å². The van der Waals surface area contributed by atoms with Gasteiger partial charge in [-0.25, -0.2) is 0 Å². The second kappa shape index (κ2) is 6.02. The van der Waals surface area contributed by atoms with E-state index in [1.54, 1.807) is 0 Å². The Morgan fingerprint density at radius 3 is 3.05 bits per heavy atom. The van der Waals surface area contributed by atoms with Crippen molar-refractivity contribution in [3.63, 3.8) is 0 Å². The van der Waals surface area contributed by atoms with E-state index in [1.165, 1.54) is 22.9 Å². The molecule has 0 fully saturated rings. The summed E-state index contributed by atoms with van der Waals surface area (Å²) in [4.78, 5) is 0. The van der Waals surface area contributed by atoms with Gasteiger partial charge in [-0.05, 0) is 42.2 Å². The minimum Gasteiger partial charge on any atom is -0.493 e. The Kier molecular flexibility index (Phi) is 3.74. The molecule has 1 aliphatic heterocycles. The normalized spacial score (nSPS) is 17.7. The molecule has 1 atom stereocenters. The van der Waals surface area contributed by atoms with Crippen LogP contribution in [-0.4, -0.2) is 21.4 Å². The Labute approximate surface area is 133 Å². The molecular formula is C17H17N3OS. The van der Waals surface area contributed by atoms with Crippen LogP contribution in [0.3, 0.4) is 0 Å². The van der Waals surface area contributed by atoms with E-state index in [1.807, 2.05) is 12.1 Å². The number of fused-ring (bicyclic) bond motifs is 2. The Bertz CT molecular complexity index is 786. The van der Waals surface area contributed by atoms with Crippen LogP contribution in [-0.2, 0) is 13.0 Å². The molecule has 3 aromatic rings. The lowest BCUT2D eigenvalue weighted by Gasteiger charge is -2.16. The van der Waals surface area contributed by atoms with Gasteiger partial charge in [-0.2, -0.15) is 8.75 Å². The molecule has 2 aromatic carbocycles. The topological polar surface area (TPSA) is 47.0 Å². The van der Waals surface area contributed by atoms with Crippen LogP contribution in [0, 0.1) is 0 Å². The van der Waals surface area contributed by atoms with E-state index < -0.39 is 0 Å². The van der Waals surface area contributed by atoms with Crippen LogP contribution >= 0.6 is 11.7 Å². The summed E-state index contributed by atoms with van der Waals surface area (Å²) in [7, 11) is 0. The van der Waals surface area contributed by atoms with Gasteiger partial charge in [0.1, 0.15) is 16.8 Å². The molecule has 0 bridgehead atoms. The van der Waals surface area contributed by atoms with Crippen LogP contribution in [0.25, 0.3) is 11.0 Å². The van der Waals surface area contributed by atoms with Crippen LogP contribution < -0.4 is 10.1 Å². The third kappa shape index (κ3) is 2.82. The lowest BCUT2D eigenvalue weighted by atomic mass is 10.0. The highest BCUT2D eigenvalue weighted by molar-refractivity contribution is 7.00. The van der Waals surface area contributed by atoms with Crippen molar-refractivity contribution in [1.82, 2.24) is 14.1 Å². The molecule has 4 nitrogen and oxygen atoms in total. The fraction of sp³-hybridized carbons (Fsp3) is 0.294. The molecule has 1 N–H and O–H groups in total. The van der Waals surface area contributed by atoms with E-state index in [0.717, 1.165) is 42.8 Å². The van der Waals surface area contributed by atoms with Gasteiger partial charge in [-0.15, -0.1) is 0 Å². The molecule has 1 unspecified atom stereocenters. The molecule has 4 rings (SSSR count). The highest BCUT2D eigenvalue weighted by Crippen LogP contribution is 2.24. The van der Waals surface area contributed by atoms with Crippen molar-refractivity contribution >= 4 is 22.8 Å². The summed E-state index contributed by atoms with van der Waals surface area (Å²) >= 11 is 1.27. The Hall–Kier alpha value is -1.98. The summed E-state index contributed by atoms with van der Waals surface area (Å²) in [6, 6.07) is 15.0. The molecule has 0 saturated carbocycles. The van der Waals surface area contributed by atoms with Crippen molar-refractivity contribution < 1.29 is 4.74 Å². The quantitative estimate of drug-likeness (QED) is 0.807. The van der Waals surface area contributed by atoms with Gasteiger partial charge in [0.2, 0.25) is 0 Å². The number of rotatable bonds is 3. The summed E-state index contributed by atoms with van der Waals surface area (Å²) in [5.74, 6) is 1.03. The Morgan fingerprint density at radius 2 is 2.05 bits per heavy atom. The van der Waals surface area contributed by atoms with E-state index in [9.17, 15) is 0 Å². The number of aromatic nitrogens is 2. The molecule has 1 aliphatic rings. The SMILES string of the molecule is c1ccc2c(c1)CC(NCc1ccc3nsnc3c1)CCO2. The molecule has 22 heavy (non-hydrogen) atoms. The first-order valence-corrected chi connectivity index (χ1v) is 8.27. The fourth-order valence-corrected chi connectivity index (χ4v) is 3.38. The summed E-state index contributed by atoms with van der Waals surface area (Å²) < 4.78 is 14.4. The molecule has 2 heterocycles. The van der Waals surface area contributed by atoms with Gasteiger partial charge in [0.25, 0.3) is 0 Å². The second-order valence-electron chi connectivity index (χ2n) is 5.61. The molecule has 1 aromatic heterocycles. The zero-order valence-electron chi connectivity index (χ0n) is 12.2. The first-order valence-electron chi connectivity index (χ1n) is 7.54. The molecule has 0 aliphatic carbocycles. The summed E-state index contributed by atoms with van der Waals surface area (Å²) in [5, 5.41) is 3.65. The first-order chi connectivity index (χ1) is 10.9. The van der Waals surface area contributed by atoms with Crippen LogP contribution in [0.15, 0.2) is 42.5 Å². The fourth-order valence-electron chi connectivity index (χ4n) is 2.87. The number of hydrogen-bond acceptors (Lipinski definition) is 5. The molecule has 0 radical (unpaired) electrons. The molecular weight excluding hydrogens is 294 g/mol. The second-order valence-corrected chi connectivity index (χ2v) is 6.14. The van der Waals surface area contributed by atoms with E-state index in [-0.39, 0.29) is 0 Å². The van der Waals surface area contributed by atoms with Gasteiger partial charge < -0.3 is 10.1 Å². The number of nitrogens with one attached hydrogen (secondary N) is 1. The van der Waals surface area contributed by atoms with Gasteiger partial charge >= 0.3 is 0 Å². The van der Waals surface area contributed by atoms with E-state index in [2.05, 4.69) is 44.4 Å². The molecule has 0 amide bonds. The van der Waals surface area contributed by atoms with Crippen LogP contribution in [0.1, 0.15) is 17.5 Å². The maximum Gasteiger partial charge on any atom is 0.122 e. The highest BCUT2D eigenvalue weighted by atomic mass is 32.1. The molecule has 112 valence electrons. The van der Waals surface area contributed by atoms with E-state index in [4.69, 9.17) is 4.74 Å². The van der Waals surface area contributed by atoms with Crippen LogP contribution in [0.5, 0.6) is 5.75 Å². The molecule has 0 spiro atoms. The van der Waals surface area contributed by atoms with Crippen molar-refractivity contribution in [3.8, 4) is 5.75 Å². The smallest absolute Gasteiger partial charge is 0.122 e. The third-order valence-corrected chi connectivity index (χ3v) is 4.63. The lowest BCUT2D eigenvalue weighted by molar-refractivity contribution is 0.300. The number of benzene rings is 2.